The smallest absolute Gasteiger partial charge is 0.337 e. The van der Waals surface area contributed by atoms with Gasteiger partial charge in [-0.3, -0.25) is 20.2 Å². The molecule has 0 aliphatic heterocycles. The molecule has 2 aromatic rings. The van der Waals surface area contributed by atoms with E-state index in [-0.39, 0.29) is 32.8 Å². The fraction of sp³-hybridized carbons (Fsp3) is 0.0625. The minimum absolute atomic E-state index is 0.102. The van der Waals surface area contributed by atoms with E-state index >= 15 is 0 Å². The first-order chi connectivity index (χ1) is 12.8. The van der Waals surface area contributed by atoms with Crippen molar-refractivity contribution >= 4 is 52.2 Å². The number of hydrogen-bond acceptors (Lipinski definition) is 6. The van der Waals surface area contributed by atoms with Crippen LogP contribution in [0.2, 0.25) is 5.02 Å². The number of carboxylic acid groups (broad SMARTS) is 1. The van der Waals surface area contributed by atoms with Gasteiger partial charge in [-0.1, -0.05) is 11.6 Å². The van der Waals surface area contributed by atoms with Crippen LogP contribution < -0.4 is 15.4 Å². The van der Waals surface area contributed by atoms with Crippen LogP contribution in [-0.4, -0.2) is 33.6 Å². The highest BCUT2D eigenvalue weighted by Crippen LogP contribution is 2.21. The van der Waals surface area contributed by atoms with Crippen molar-refractivity contribution in [1.29, 1.82) is 0 Å². The largest absolute Gasteiger partial charge is 0.484 e. The number of carbonyl (C=O) groups is 2. The average Bonchev–Trinajstić information content (AvgIpc) is 2.61. The predicted molar refractivity (Wildman–Crippen MR) is 101 cm³/mol. The standard InChI is InChI=1S/C16H12ClN3O6S/c17-9-1-6-13(12(7-9)15(22)23)18-16(27)19-14(21)8-26-11-4-2-10(3-5-11)20(24)25/h1-7H,8H2,(H,22,23)(H2,18,19,21,27). The molecule has 0 aliphatic carbocycles. The van der Waals surface area contributed by atoms with Crippen molar-refractivity contribution in [3.63, 3.8) is 0 Å². The van der Waals surface area contributed by atoms with Crippen LogP contribution in [0.25, 0.3) is 0 Å². The molecule has 27 heavy (non-hydrogen) atoms. The summed E-state index contributed by atoms with van der Waals surface area (Å²) in [6, 6.07) is 9.33. The third-order valence-corrected chi connectivity index (χ3v) is 3.57. The van der Waals surface area contributed by atoms with Gasteiger partial charge in [-0.25, -0.2) is 4.79 Å². The second-order valence-corrected chi connectivity index (χ2v) is 5.88. The molecule has 11 heteroatoms. The van der Waals surface area contributed by atoms with E-state index in [0.29, 0.717) is 0 Å². The Balaban J connectivity index is 1.89. The number of nitrogens with one attached hydrogen (secondary N) is 2. The maximum Gasteiger partial charge on any atom is 0.337 e. The SMILES string of the molecule is O=C(COc1ccc([N+](=O)[O-])cc1)NC(=S)Nc1ccc(Cl)cc1C(=O)O. The van der Waals surface area contributed by atoms with Crippen LogP contribution in [0.5, 0.6) is 5.75 Å². The van der Waals surface area contributed by atoms with Crippen molar-refractivity contribution in [3.05, 3.63) is 63.2 Å². The second-order valence-electron chi connectivity index (χ2n) is 5.04. The number of nitro groups is 1. The van der Waals surface area contributed by atoms with E-state index in [1.807, 2.05) is 0 Å². The summed E-state index contributed by atoms with van der Waals surface area (Å²) in [5, 5.41) is 24.8. The van der Waals surface area contributed by atoms with E-state index in [4.69, 9.17) is 33.7 Å². The molecule has 1 amide bonds. The molecule has 140 valence electrons. The fourth-order valence-corrected chi connectivity index (χ4v) is 2.33. The number of ether oxygens (including phenoxy) is 1. The molecule has 0 heterocycles. The summed E-state index contributed by atoms with van der Waals surface area (Å²) in [5.74, 6) is -1.55. The van der Waals surface area contributed by atoms with E-state index < -0.39 is 23.4 Å². The van der Waals surface area contributed by atoms with Gasteiger partial charge in [0, 0.05) is 17.2 Å². The van der Waals surface area contributed by atoms with Crippen molar-refractivity contribution in [1.82, 2.24) is 5.32 Å². The van der Waals surface area contributed by atoms with Gasteiger partial charge in [0.15, 0.2) is 11.7 Å². The summed E-state index contributed by atoms with van der Waals surface area (Å²) >= 11 is 10.7. The minimum atomic E-state index is -1.21. The number of non-ortho nitro benzene ring substituents is 1. The summed E-state index contributed by atoms with van der Waals surface area (Å²) in [6.45, 7) is -0.397. The van der Waals surface area contributed by atoms with Crippen molar-refractivity contribution < 1.29 is 24.4 Å². The van der Waals surface area contributed by atoms with Crippen molar-refractivity contribution in [2.24, 2.45) is 0 Å². The Hall–Kier alpha value is -3.24. The Labute approximate surface area is 163 Å². The van der Waals surface area contributed by atoms with Gasteiger partial charge in [0.25, 0.3) is 11.6 Å². The molecule has 2 aromatic carbocycles. The maximum absolute atomic E-state index is 11.9. The first kappa shape index (κ1) is 20.1. The molecule has 0 saturated heterocycles. The first-order valence-electron chi connectivity index (χ1n) is 7.27. The van der Waals surface area contributed by atoms with E-state index in [1.165, 1.54) is 42.5 Å². The zero-order valence-corrected chi connectivity index (χ0v) is 15.0. The van der Waals surface area contributed by atoms with Gasteiger partial charge < -0.3 is 15.2 Å². The monoisotopic (exact) mass is 409 g/mol. The maximum atomic E-state index is 11.9. The number of rotatable bonds is 6. The Morgan fingerprint density at radius 2 is 1.89 bits per heavy atom. The van der Waals surface area contributed by atoms with Crippen LogP contribution in [0.1, 0.15) is 10.4 Å². The van der Waals surface area contributed by atoms with Crippen LogP contribution in [-0.2, 0) is 4.79 Å². The minimum Gasteiger partial charge on any atom is -0.484 e. The zero-order chi connectivity index (χ0) is 20.0. The fourth-order valence-electron chi connectivity index (χ4n) is 1.93. The van der Waals surface area contributed by atoms with Crippen LogP contribution in [0.3, 0.4) is 0 Å². The summed E-state index contributed by atoms with van der Waals surface area (Å²) in [5.41, 5.74) is -0.0518. The van der Waals surface area contributed by atoms with E-state index in [0.717, 1.165) is 0 Å². The van der Waals surface area contributed by atoms with Gasteiger partial charge in [0.1, 0.15) is 5.75 Å². The van der Waals surface area contributed by atoms with Crippen molar-refractivity contribution in [2.45, 2.75) is 0 Å². The number of carboxylic acids is 1. The van der Waals surface area contributed by atoms with Gasteiger partial charge in [0.05, 0.1) is 16.2 Å². The highest BCUT2D eigenvalue weighted by Gasteiger charge is 2.13. The van der Waals surface area contributed by atoms with Crippen LogP contribution in [0, 0.1) is 10.1 Å². The summed E-state index contributed by atoms with van der Waals surface area (Å²) < 4.78 is 5.20. The summed E-state index contributed by atoms with van der Waals surface area (Å²) in [6.07, 6.45) is 0. The Morgan fingerprint density at radius 3 is 2.48 bits per heavy atom. The van der Waals surface area contributed by atoms with Gasteiger partial charge in [-0.05, 0) is 42.5 Å². The number of nitrogens with zero attached hydrogens (tertiary/aromatic N) is 1. The average molecular weight is 410 g/mol. The van der Waals surface area contributed by atoms with E-state index in [1.54, 1.807) is 0 Å². The van der Waals surface area contributed by atoms with Crippen molar-refractivity contribution in [3.8, 4) is 5.75 Å². The number of nitro benzene ring substituents is 1. The lowest BCUT2D eigenvalue weighted by Gasteiger charge is -2.12. The number of aromatic carboxylic acids is 1. The lowest BCUT2D eigenvalue weighted by Crippen LogP contribution is -2.37. The quantitative estimate of drug-likeness (QED) is 0.377. The van der Waals surface area contributed by atoms with Gasteiger partial charge in [0.2, 0.25) is 0 Å². The number of halogens is 1. The molecule has 0 bridgehead atoms. The molecular formula is C16H12ClN3O6S. The Bertz CT molecular complexity index is 904. The number of thiocarbonyl (C=S) groups is 1. The zero-order valence-electron chi connectivity index (χ0n) is 13.5. The molecule has 0 aromatic heterocycles. The van der Waals surface area contributed by atoms with Crippen LogP contribution in [0.4, 0.5) is 11.4 Å². The molecule has 0 saturated carbocycles. The molecule has 3 N–H and O–H groups in total. The number of anilines is 1. The van der Waals surface area contributed by atoms with Gasteiger partial charge >= 0.3 is 5.97 Å². The molecule has 0 atom stereocenters. The molecule has 0 radical (unpaired) electrons. The number of benzene rings is 2. The summed E-state index contributed by atoms with van der Waals surface area (Å²) in [4.78, 5) is 33.1. The second kappa shape index (κ2) is 8.92. The normalized spacial score (nSPS) is 9.96. The Morgan fingerprint density at radius 1 is 1.22 bits per heavy atom. The lowest BCUT2D eigenvalue weighted by atomic mass is 10.2. The topological polar surface area (TPSA) is 131 Å². The van der Waals surface area contributed by atoms with Gasteiger partial charge in [-0.15, -0.1) is 0 Å². The summed E-state index contributed by atoms with van der Waals surface area (Å²) in [7, 11) is 0. The third-order valence-electron chi connectivity index (χ3n) is 3.13. The molecular weight excluding hydrogens is 398 g/mol. The molecule has 2 rings (SSSR count). The first-order valence-corrected chi connectivity index (χ1v) is 8.06. The van der Waals surface area contributed by atoms with E-state index in [2.05, 4.69) is 10.6 Å². The third kappa shape index (κ3) is 5.90. The molecule has 0 spiro atoms. The molecule has 0 unspecified atom stereocenters. The molecule has 0 fully saturated rings. The Kier molecular flexibility index (Phi) is 6.63. The highest BCUT2D eigenvalue weighted by atomic mass is 35.5. The van der Waals surface area contributed by atoms with Crippen molar-refractivity contribution in [2.75, 3.05) is 11.9 Å². The molecule has 0 aliphatic rings. The predicted octanol–water partition coefficient (Wildman–Crippen LogP) is 2.84. The number of carbonyl (C=O) groups excluding carboxylic acids is 1. The number of hydrogen-bond donors (Lipinski definition) is 3. The van der Waals surface area contributed by atoms with Crippen LogP contribution in [0.15, 0.2) is 42.5 Å². The molecule has 9 nitrogen and oxygen atoms in total. The van der Waals surface area contributed by atoms with E-state index in [9.17, 15) is 19.7 Å². The highest BCUT2D eigenvalue weighted by molar-refractivity contribution is 7.80. The number of amides is 1. The lowest BCUT2D eigenvalue weighted by molar-refractivity contribution is -0.384. The van der Waals surface area contributed by atoms with Gasteiger partial charge in [-0.2, -0.15) is 0 Å². The van der Waals surface area contributed by atoms with Crippen LogP contribution >= 0.6 is 23.8 Å².